The monoisotopic (exact) mass is 268 g/mol. The largest absolute Gasteiger partial charge is 0.354 e. The van der Waals surface area contributed by atoms with Gasteiger partial charge in [-0.25, -0.2) is 0 Å². The van der Waals surface area contributed by atoms with Gasteiger partial charge in [-0.3, -0.25) is 0 Å². The molecule has 1 aliphatic carbocycles. The summed E-state index contributed by atoms with van der Waals surface area (Å²) in [5.74, 6) is 0. The van der Waals surface area contributed by atoms with Gasteiger partial charge in [-0.05, 0) is 37.5 Å². The van der Waals surface area contributed by atoms with Gasteiger partial charge in [-0.15, -0.1) is 11.3 Å². The van der Waals surface area contributed by atoms with E-state index in [4.69, 9.17) is 5.73 Å². The van der Waals surface area contributed by atoms with Gasteiger partial charge in [-0.2, -0.15) is 0 Å². The van der Waals surface area contributed by atoms with Gasteiger partial charge in [0.05, 0.1) is 5.69 Å². The maximum Gasteiger partial charge on any atom is 0.0508 e. The van der Waals surface area contributed by atoms with Gasteiger partial charge in [0.15, 0.2) is 0 Å². The zero-order chi connectivity index (χ0) is 13.0. The summed E-state index contributed by atoms with van der Waals surface area (Å²) in [5.41, 5.74) is 11.4. The van der Waals surface area contributed by atoms with Crippen LogP contribution in [0.15, 0.2) is 30.3 Å². The molecular weight excluding hydrogens is 252 g/mol. The van der Waals surface area contributed by atoms with Gasteiger partial charge < -0.3 is 10.7 Å². The summed E-state index contributed by atoms with van der Waals surface area (Å²) in [6.45, 7) is 2.06. The predicted molar refractivity (Wildman–Crippen MR) is 81.6 cm³/mol. The van der Waals surface area contributed by atoms with Crippen LogP contribution in [0.3, 0.4) is 0 Å². The van der Waals surface area contributed by atoms with Crippen molar-refractivity contribution < 1.29 is 0 Å². The molecule has 1 unspecified atom stereocenters. The van der Waals surface area contributed by atoms with Gasteiger partial charge in [0.25, 0.3) is 0 Å². The number of H-pyrrole nitrogens is 1. The second-order valence-electron chi connectivity index (χ2n) is 5.30. The molecule has 0 fully saturated rings. The summed E-state index contributed by atoms with van der Waals surface area (Å²) in [7, 11) is 0. The fraction of sp³-hybridized carbons (Fsp3) is 0.250. The Balaban J connectivity index is 1.98. The summed E-state index contributed by atoms with van der Waals surface area (Å²) in [4.78, 5) is 6.36. The van der Waals surface area contributed by atoms with Crippen molar-refractivity contribution in [2.75, 3.05) is 0 Å². The Morgan fingerprint density at radius 2 is 2.11 bits per heavy atom. The van der Waals surface area contributed by atoms with Crippen molar-refractivity contribution in [2.45, 2.75) is 25.8 Å². The number of hydrogen-bond acceptors (Lipinski definition) is 2. The third kappa shape index (κ3) is 1.58. The van der Waals surface area contributed by atoms with Gasteiger partial charge in [0, 0.05) is 32.3 Å². The maximum atomic E-state index is 6.02. The molecule has 0 amide bonds. The number of aromatic nitrogens is 1. The van der Waals surface area contributed by atoms with Crippen molar-refractivity contribution in [3.05, 3.63) is 45.6 Å². The molecule has 0 saturated carbocycles. The number of nitrogens with two attached hydrogens (primary N) is 1. The fourth-order valence-corrected chi connectivity index (χ4v) is 4.12. The molecule has 19 heavy (non-hydrogen) atoms. The molecule has 2 nitrogen and oxygen atoms in total. The zero-order valence-corrected chi connectivity index (χ0v) is 11.7. The number of thiophene rings is 1. The van der Waals surface area contributed by atoms with E-state index in [1.807, 2.05) is 11.3 Å². The molecule has 2 aromatic heterocycles. The number of aryl methyl sites for hydroxylation is 2. The first-order valence-electron chi connectivity index (χ1n) is 6.72. The third-order valence-electron chi connectivity index (χ3n) is 3.96. The molecule has 1 aliphatic rings. The molecule has 2 heterocycles. The molecule has 0 aliphatic heterocycles. The molecule has 3 heteroatoms. The average Bonchev–Trinajstić information content (AvgIpc) is 2.99. The van der Waals surface area contributed by atoms with Gasteiger partial charge >= 0.3 is 0 Å². The minimum atomic E-state index is 0.128. The molecule has 0 radical (unpaired) electrons. The average molecular weight is 268 g/mol. The number of nitrogens with one attached hydrogen (secondary N) is 1. The summed E-state index contributed by atoms with van der Waals surface area (Å²) < 4.78 is 0. The van der Waals surface area contributed by atoms with Crippen molar-refractivity contribution in [1.82, 2.24) is 4.98 Å². The topological polar surface area (TPSA) is 41.8 Å². The smallest absolute Gasteiger partial charge is 0.0508 e. The standard InChI is InChI=1S/C16H16N2S/c1-9(17)15-8-12-14(19-15)7-6-11-10-4-2-3-5-13(10)18-16(11)12/h2-5,8-9,18H,6-7,17H2,1H3. The van der Waals surface area contributed by atoms with Crippen LogP contribution in [0.1, 0.15) is 28.3 Å². The van der Waals surface area contributed by atoms with Crippen LogP contribution in [0.4, 0.5) is 0 Å². The summed E-state index contributed by atoms with van der Waals surface area (Å²) in [6, 6.07) is 11.0. The summed E-state index contributed by atoms with van der Waals surface area (Å²) in [6.07, 6.45) is 2.27. The van der Waals surface area contributed by atoms with Crippen molar-refractivity contribution >= 4 is 22.2 Å². The number of fused-ring (bicyclic) bond motifs is 5. The highest BCUT2D eigenvalue weighted by atomic mass is 32.1. The molecule has 1 aromatic carbocycles. The highest BCUT2D eigenvalue weighted by Crippen LogP contribution is 2.42. The van der Waals surface area contributed by atoms with Crippen LogP contribution < -0.4 is 5.73 Å². The third-order valence-corrected chi connectivity index (χ3v) is 5.36. The number of benzene rings is 1. The number of aromatic amines is 1. The van der Waals surface area contributed by atoms with E-state index < -0.39 is 0 Å². The SMILES string of the molecule is CC(N)c1cc2c(s1)CCc1c-2[nH]c2ccccc12. The van der Waals surface area contributed by atoms with Crippen LogP contribution in [0.2, 0.25) is 0 Å². The van der Waals surface area contributed by atoms with E-state index >= 15 is 0 Å². The van der Waals surface area contributed by atoms with E-state index in [1.165, 1.54) is 37.5 Å². The van der Waals surface area contributed by atoms with Crippen LogP contribution in [-0.2, 0) is 12.8 Å². The lowest BCUT2D eigenvalue weighted by molar-refractivity contribution is 0.838. The van der Waals surface area contributed by atoms with E-state index in [-0.39, 0.29) is 6.04 Å². The lowest BCUT2D eigenvalue weighted by Crippen LogP contribution is -2.01. The minimum Gasteiger partial charge on any atom is -0.354 e. The van der Waals surface area contributed by atoms with Crippen LogP contribution in [0.5, 0.6) is 0 Å². The van der Waals surface area contributed by atoms with E-state index in [9.17, 15) is 0 Å². The first-order chi connectivity index (χ1) is 9.24. The fourth-order valence-electron chi connectivity index (χ4n) is 3.00. The van der Waals surface area contributed by atoms with E-state index in [1.54, 1.807) is 0 Å². The molecule has 3 N–H and O–H groups in total. The van der Waals surface area contributed by atoms with Crippen LogP contribution in [0, 0.1) is 0 Å². The molecular formula is C16H16N2S. The zero-order valence-electron chi connectivity index (χ0n) is 10.9. The predicted octanol–water partition coefficient (Wildman–Crippen LogP) is 4.01. The lowest BCUT2D eigenvalue weighted by Gasteiger charge is -2.11. The Kier molecular flexibility index (Phi) is 2.34. The van der Waals surface area contributed by atoms with E-state index in [0.29, 0.717) is 0 Å². The molecule has 0 saturated heterocycles. The van der Waals surface area contributed by atoms with Gasteiger partial charge in [0.1, 0.15) is 0 Å². The number of rotatable bonds is 1. The normalized spacial score (nSPS) is 15.3. The summed E-state index contributed by atoms with van der Waals surface area (Å²) in [5, 5.41) is 1.37. The second kappa shape index (κ2) is 3.95. The highest BCUT2D eigenvalue weighted by molar-refractivity contribution is 7.12. The molecule has 1 atom stereocenters. The quantitative estimate of drug-likeness (QED) is 0.688. The Morgan fingerprint density at radius 1 is 1.26 bits per heavy atom. The molecule has 96 valence electrons. The highest BCUT2D eigenvalue weighted by Gasteiger charge is 2.23. The number of hydrogen-bond donors (Lipinski definition) is 2. The molecule has 0 spiro atoms. The lowest BCUT2D eigenvalue weighted by atomic mass is 9.94. The van der Waals surface area contributed by atoms with Crippen molar-refractivity contribution in [1.29, 1.82) is 0 Å². The van der Waals surface area contributed by atoms with Gasteiger partial charge in [0.2, 0.25) is 0 Å². The molecule has 0 bridgehead atoms. The minimum absolute atomic E-state index is 0.128. The van der Waals surface area contributed by atoms with Crippen molar-refractivity contribution in [2.24, 2.45) is 5.73 Å². The molecule has 4 rings (SSSR count). The summed E-state index contributed by atoms with van der Waals surface area (Å²) >= 11 is 1.87. The van der Waals surface area contributed by atoms with Crippen LogP contribution >= 0.6 is 11.3 Å². The Morgan fingerprint density at radius 3 is 2.95 bits per heavy atom. The van der Waals surface area contributed by atoms with Crippen molar-refractivity contribution in [3.8, 4) is 11.3 Å². The van der Waals surface area contributed by atoms with Gasteiger partial charge in [-0.1, -0.05) is 18.2 Å². The van der Waals surface area contributed by atoms with Crippen molar-refractivity contribution in [3.63, 3.8) is 0 Å². The number of para-hydroxylation sites is 1. The Hall–Kier alpha value is -1.58. The Labute approximate surface area is 116 Å². The van der Waals surface area contributed by atoms with E-state index in [0.717, 1.165) is 12.8 Å². The van der Waals surface area contributed by atoms with Crippen LogP contribution in [0.25, 0.3) is 22.2 Å². The first-order valence-corrected chi connectivity index (χ1v) is 7.54. The molecule has 3 aromatic rings. The Bertz CT molecular complexity index is 764. The first kappa shape index (κ1) is 11.3. The van der Waals surface area contributed by atoms with E-state index in [2.05, 4.69) is 42.2 Å². The maximum absolute atomic E-state index is 6.02. The van der Waals surface area contributed by atoms with Crippen LogP contribution in [-0.4, -0.2) is 4.98 Å². The second-order valence-corrected chi connectivity index (χ2v) is 6.47.